The molecule has 4 N–H and O–H groups in total. The van der Waals surface area contributed by atoms with Crippen LogP contribution < -0.4 is 0 Å². The van der Waals surface area contributed by atoms with Crippen molar-refractivity contribution in [2.75, 3.05) is 13.2 Å². The molecule has 3 aromatic rings. The molecular weight excluding hydrogens is 448 g/mol. The largest absolute Gasteiger partial charge is 0.508 e. The molecule has 35 heavy (non-hydrogen) atoms. The smallest absolute Gasteiger partial charge is 0.358 e. The Kier molecular flexibility index (Phi) is 7.37. The van der Waals surface area contributed by atoms with Gasteiger partial charge in [0.1, 0.15) is 22.9 Å². The van der Waals surface area contributed by atoms with Crippen LogP contribution in [-0.4, -0.2) is 65.5 Å². The molecule has 0 aliphatic carbocycles. The quantitative estimate of drug-likeness (QED) is 0.382. The van der Waals surface area contributed by atoms with Gasteiger partial charge in [-0.05, 0) is 48.9 Å². The number of hydrogen-bond acceptors (Lipinski definition) is 7. The van der Waals surface area contributed by atoms with Gasteiger partial charge in [-0.25, -0.2) is 9.48 Å². The summed E-state index contributed by atoms with van der Waals surface area (Å²) < 4.78 is 1.31. The highest BCUT2D eigenvalue weighted by Gasteiger charge is 2.25. The molecule has 186 valence electrons. The van der Waals surface area contributed by atoms with Crippen molar-refractivity contribution in [2.45, 2.75) is 58.0 Å². The van der Waals surface area contributed by atoms with Gasteiger partial charge >= 0.3 is 5.97 Å². The predicted octanol–water partition coefficient (Wildman–Crippen LogP) is 3.90. The second kappa shape index (κ2) is 10.5. The normalized spacial score (nSPS) is 16.6. The first-order chi connectivity index (χ1) is 16.8. The summed E-state index contributed by atoms with van der Waals surface area (Å²) in [7, 11) is 0. The van der Waals surface area contributed by atoms with E-state index in [0.29, 0.717) is 17.2 Å². The molecule has 2 heterocycles. The van der Waals surface area contributed by atoms with Gasteiger partial charge in [0.2, 0.25) is 0 Å². The van der Waals surface area contributed by atoms with Crippen molar-refractivity contribution in [1.29, 1.82) is 0 Å². The average Bonchev–Trinajstić information content (AvgIpc) is 3.26. The molecule has 1 aliphatic rings. The second-order valence-corrected chi connectivity index (χ2v) is 9.39. The van der Waals surface area contributed by atoms with E-state index in [0.717, 1.165) is 37.9 Å². The number of carboxylic acids is 1. The van der Waals surface area contributed by atoms with E-state index in [9.17, 15) is 25.2 Å². The number of aliphatic hydroxyl groups excluding tert-OH is 1. The Hall–Kier alpha value is -3.43. The first-order valence-corrected chi connectivity index (χ1v) is 12.0. The van der Waals surface area contributed by atoms with Gasteiger partial charge in [-0.2, -0.15) is 0 Å². The van der Waals surface area contributed by atoms with E-state index in [1.807, 2.05) is 38.1 Å². The van der Waals surface area contributed by atoms with Crippen LogP contribution in [0.25, 0.3) is 16.9 Å². The van der Waals surface area contributed by atoms with Crippen molar-refractivity contribution in [3.05, 3.63) is 53.2 Å². The number of phenols is 2. The maximum atomic E-state index is 11.9. The molecule has 1 unspecified atom stereocenters. The highest BCUT2D eigenvalue weighted by molar-refractivity contribution is 5.93. The highest BCUT2D eigenvalue weighted by atomic mass is 16.4. The number of aromatic carboxylic acids is 1. The van der Waals surface area contributed by atoms with Crippen LogP contribution in [0, 0.1) is 0 Å². The number of aliphatic hydroxyl groups is 1. The number of aromatic hydroxyl groups is 2. The van der Waals surface area contributed by atoms with Crippen molar-refractivity contribution >= 4 is 5.97 Å². The molecule has 0 spiro atoms. The summed E-state index contributed by atoms with van der Waals surface area (Å²) in [5.74, 6) is -1.52. The first-order valence-electron chi connectivity index (χ1n) is 12.0. The van der Waals surface area contributed by atoms with Crippen molar-refractivity contribution < 1.29 is 25.2 Å². The summed E-state index contributed by atoms with van der Waals surface area (Å²) in [6.07, 6.45) is 4.17. The van der Waals surface area contributed by atoms with Gasteiger partial charge in [-0.1, -0.05) is 49.7 Å². The van der Waals surface area contributed by atoms with Crippen LogP contribution in [0.15, 0.2) is 36.4 Å². The van der Waals surface area contributed by atoms with E-state index in [4.69, 9.17) is 0 Å². The Labute approximate surface area is 204 Å². The molecular formula is C26H32N4O5. The van der Waals surface area contributed by atoms with E-state index in [1.54, 1.807) is 6.07 Å². The van der Waals surface area contributed by atoms with Crippen LogP contribution in [0.1, 0.15) is 67.1 Å². The summed E-state index contributed by atoms with van der Waals surface area (Å²) in [4.78, 5) is 14.3. The Morgan fingerprint density at radius 1 is 1.11 bits per heavy atom. The van der Waals surface area contributed by atoms with Gasteiger partial charge in [-0.15, -0.1) is 5.10 Å². The molecule has 0 radical (unpaired) electrons. The molecule has 0 saturated carbocycles. The van der Waals surface area contributed by atoms with Gasteiger partial charge in [0.25, 0.3) is 0 Å². The number of aromatic nitrogens is 3. The lowest BCUT2D eigenvalue weighted by Gasteiger charge is -2.35. The zero-order valence-electron chi connectivity index (χ0n) is 20.1. The third kappa shape index (κ3) is 5.16. The molecule has 9 nitrogen and oxygen atoms in total. The predicted molar refractivity (Wildman–Crippen MR) is 131 cm³/mol. The molecule has 0 amide bonds. The topological polar surface area (TPSA) is 132 Å². The van der Waals surface area contributed by atoms with E-state index in [-0.39, 0.29) is 41.1 Å². The second-order valence-electron chi connectivity index (χ2n) is 9.39. The molecule has 0 bridgehead atoms. The van der Waals surface area contributed by atoms with Crippen LogP contribution in [0.3, 0.4) is 0 Å². The lowest BCUT2D eigenvalue weighted by molar-refractivity contribution is 0.0691. The number of nitrogens with zero attached hydrogens (tertiary/aromatic N) is 4. The summed E-state index contributed by atoms with van der Waals surface area (Å²) in [5.41, 5.74) is 2.55. The van der Waals surface area contributed by atoms with Gasteiger partial charge < -0.3 is 20.4 Å². The lowest BCUT2D eigenvalue weighted by atomic mass is 9.98. The minimum atomic E-state index is -1.22. The Morgan fingerprint density at radius 2 is 1.86 bits per heavy atom. The standard InChI is InChI=1S/C26H32N4O5/c1-16(2)20-13-21(23(33)14-22(20)32)30-25(24(26(34)35)27-28-30)18-8-6-17(7-9-18)15-29-11-4-3-5-19(29)10-12-31/h6-9,13-14,16,19,31-33H,3-5,10-12,15H2,1-2H3,(H,34,35). The van der Waals surface area contributed by atoms with Crippen LogP contribution >= 0.6 is 0 Å². The van der Waals surface area contributed by atoms with Crippen LogP contribution in [0.5, 0.6) is 11.5 Å². The SMILES string of the molecule is CC(C)c1cc(-n2nnc(C(=O)O)c2-c2ccc(CN3CCCCC3CCO)cc2)c(O)cc1O. The summed E-state index contributed by atoms with van der Waals surface area (Å²) in [6.45, 7) is 5.74. The average molecular weight is 481 g/mol. The number of phenolic OH excluding ortho intramolecular Hbond substituents is 2. The minimum absolute atomic E-state index is 0.0241. The van der Waals surface area contributed by atoms with Crippen molar-refractivity contribution in [2.24, 2.45) is 0 Å². The van der Waals surface area contributed by atoms with Crippen molar-refractivity contribution in [1.82, 2.24) is 19.9 Å². The van der Waals surface area contributed by atoms with Gasteiger partial charge in [-0.3, -0.25) is 4.90 Å². The van der Waals surface area contributed by atoms with E-state index >= 15 is 0 Å². The Morgan fingerprint density at radius 3 is 2.51 bits per heavy atom. The molecule has 1 aromatic heterocycles. The molecule has 1 aliphatic heterocycles. The van der Waals surface area contributed by atoms with Crippen LogP contribution in [0.2, 0.25) is 0 Å². The number of piperidine rings is 1. The zero-order chi connectivity index (χ0) is 25.1. The maximum Gasteiger partial charge on any atom is 0.358 e. The number of carboxylic acid groups (broad SMARTS) is 1. The zero-order valence-corrected chi connectivity index (χ0v) is 20.1. The third-order valence-electron chi connectivity index (χ3n) is 6.67. The molecule has 9 heteroatoms. The summed E-state index contributed by atoms with van der Waals surface area (Å²) >= 11 is 0. The van der Waals surface area contributed by atoms with Crippen LogP contribution in [0.4, 0.5) is 0 Å². The van der Waals surface area contributed by atoms with Crippen molar-refractivity contribution in [3.63, 3.8) is 0 Å². The Balaban J connectivity index is 1.70. The Bertz CT molecular complexity index is 1190. The van der Waals surface area contributed by atoms with E-state index in [2.05, 4.69) is 15.2 Å². The number of hydrogen-bond donors (Lipinski definition) is 4. The lowest BCUT2D eigenvalue weighted by Crippen LogP contribution is -2.39. The number of carbonyl (C=O) groups is 1. The molecule has 1 atom stereocenters. The first kappa shape index (κ1) is 24.7. The highest BCUT2D eigenvalue weighted by Crippen LogP contribution is 2.36. The maximum absolute atomic E-state index is 11.9. The third-order valence-corrected chi connectivity index (χ3v) is 6.67. The summed E-state index contributed by atoms with van der Waals surface area (Å²) in [6, 6.07) is 10.8. The van der Waals surface area contributed by atoms with Crippen molar-refractivity contribution in [3.8, 4) is 28.4 Å². The summed E-state index contributed by atoms with van der Waals surface area (Å²) in [5, 5.41) is 47.8. The van der Waals surface area contributed by atoms with Crippen LogP contribution in [-0.2, 0) is 6.54 Å². The minimum Gasteiger partial charge on any atom is -0.508 e. The van der Waals surface area contributed by atoms with Gasteiger partial charge in [0.15, 0.2) is 5.69 Å². The molecule has 2 aromatic carbocycles. The monoisotopic (exact) mass is 480 g/mol. The fourth-order valence-corrected chi connectivity index (χ4v) is 4.81. The molecule has 1 saturated heterocycles. The fraction of sp³-hybridized carbons (Fsp3) is 0.423. The van der Waals surface area contributed by atoms with E-state index < -0.39 is 5.97 Å². The number of rotatable bonds is 8. The molecule has 1 fully saturated rings. The number of likely N-dealkylation sites (tertiary alicyclic amines) is 1. The fourth-order valence-electron chi connectivity index (χ4n) is 4.81. The van der Waals surface area contributed by atoms with Gasteiger partial charge in [0, 0.05) is 30.8 Å². The number of benzene rings is 2. The van der Waals surface area contributed by atoms with Gasteiger partial charge in [0.05, 0.1) is 0 Å². The molecule has 4 rings (SSSR count). The van der Waals surface area contributed by atoms with E-state index in [1.165, 1.54) is 17.2 Å².